The van der Waals surface area contributed by atoms with Crippen LogP contribution in [0.4, 0.5) is 0 Å². The van der Waals surface area contributed by atoms with E-state index >= 15 is 0 Å². The molecule has 0 bridgehead atoms. The van der Waals surface area contributed by atoms with E-state index in [9.17, 15) is 5.11 Å². The second-order valence-electron chi connectivity index (χ2n) is 15.1. The first-order valence-corrected chi connectivity index (χ1v) is 18.8. The van der Waals surface area contributed by atoms with Gasteiger partial charge >= 0.3 is 0 Å². The Morgan fingerprint density at radius 2 is 1.26 bits per heavy atom. The first-order chi connectivity index (χ1) is 25.3. The summed E-state index contributed by atoms with van der Waals surface area (Å²) < 4.78 is 2.25. The van der Waals surface area contributed by atoms with Crippen molar-refractivity contribution in [3.05, 3.63) is 155 Å². The van der Waals surface area contributed by atoms with Crippen LogP contribution in [-0.4, -0.2) is 19.6 Å². The minimum absolute atomic E-state index is 0. The number of phenolic OH excluding ortho intramolecular Hbond substituents is 1. The first-order valence-electron chi connectivity index (χ1n) is 18.8. The molecule has 0 unspecified atom stereocenters. The van der Waals surface area contributed by atoms with Gasteiger partial charge in [-0.15, -0.1) is 34.9 Å². The topological polar surface area (TPSA) is 50.9 Å². The number of hydrogen-bond donors (Lipinski definition) is 1. The largest absolute Gasteiger partial charge is 0.507 e. The molecule has 5 aromatic carbocycles. The molecule has 0 aliphatic heterocycles. The van der Waals surface area contributed by atoms with Crippen LogP contribution in [0.2, 0.25) is 0 Å². The van der Waals surface area contributed by atoms with Crippen LogP contribution in [0.5, 0.6) is 5.75 Å². The number of aryl methyl sites for hydroxylation is 3. The number of para-hydroxylation sites is 1. The Kier molecular flexibility index (Phi) is 12.8. The third-order valence-electron chi connectivity index (χ3n) is 10.1. The monoisotopic (exact) mass is 891 g/mol. The van der Waals surface area contributed by atoms with Gasteiger partial charge in [-0.1, -0.05) is 116 Å². The van der Waals surface area contributed by atoms with Gasteiger partial charge in [0.1, 0.15) is 11.6 Å². The van der Waals surface area contributed by atoms with Gasteiger partial charge in [0.05, 0.1) is 16.9 Å². The van der Waals surface area contributed by atoms with Crippen LogP contribution in [0.3, 0.4) is 0 Å². The van der Waals surface area contributed by atoms with Crippen molar-refractivity contribution < 1.29 is 25.2 Å². The van der Waals surface area contributed by atoms with Crippen molar-refractivity contribution >= 4 is 10.8 Å². The zero-order chi connectivity index (χ0) is 38.0. The zero-order valence-electron chi connectivity index (χ0n) is 33.2. The van der Waals surface area contributed by atoms with E-state index in [0.717, 1.165) is 39.6 Å². The summed E-state index contributed by atoms with van der Waals surface area (Å²) in [5, 5.41) is 13.1. The number of benzene rings is 5. The Morgan fingerprint density at radius 3 is 1.87 bits per heavy atom. The standard InChI is InChI=1S/C29H32N2O.C20H20N.Ir/c1-18(2)25-16-23(22-12-8-7-9-13-22)17-26(19(3)4)28(25)31-21(6)20(5)30-29(31)24-14-10-11-15-27(24)32;1-13(2)17-6-5-7-19-18(17)8-9-21-20(19)16-11-14(3)10-15(4)12-16;/h7-19,32H,1-6H3;5-11,13H,1-4H3;/q;-1;. The summed E-state index contributed by atoms with van der Waals surface area (Å²) in [6.07, 6.45) is 1.91. The Labute approximate surface area is 335 Å². The number of phenols is 1. The summed E-state index contributed by atoms with van der Waals surface area (Å²) in [4.78, 5) is 9.53. The summed E-state index contributed by atoms with van der Waals surface area (Å²) >= 11 is 0. The van der Waals surface area contributed by atoms with Gasteiger partial charge in [0.15, 0.2) is 0 Å². The Morgan fingerprint density at radius 1 is 0.630 bits per heavy atom. The molecule has 54 heavy (non-hydrogen) atoms. The number of imidazole rings is 1. The molecule has 2 aromatic heterocycles. The van der Waals surface area contributed by atoms with Crippen LogP contribution in [0.1, 0.15) is 98.5 Å². The van der Waals surface area contributed by atoms with Gasteiger partial charge in [-0.3, -0.25) is 4.57 Å². The maximum absolute atomic E-state index is 10.6. The van der Waals surface area contributed by atoms with Gasteiger partial charge in [0.25, 0.3) is 0 Å². The van der Waals surface area contributed by atoms with E-state index in [1.54, 1.807) is 6.07 Å². The Balaban J connectivity index is 0.000000221. The molecule has 5 heteroatoms. The molecule has 0 amide bonds. The van der Waals surface area contributed by atoms with Crippen molar-refractivity contribution in [2.45, 2.75) is 87.0 Å². The second kappa shape index (κ2) is 17.1. The number of aromatic hydroxyl groups is 1. The summed E-state index contributed by atoms with van der Waals surface area (Å²) in [5.41, 5.74) is 14.9. The maximum atomic E-state index is 10.6. The van der Waals surface area contributed by atoms with Gasteiger partial charge in [0.2, 0.25) is 0 Å². The minimum atomic E-state index is 0. The van der Waals surface area contributed by atoms with Crippen LogP contribution in [0.15, 0.2) is 109 Å². The quantitative estimate of drug-likeness (QED) is 0.162. The van der Waals surface area contributed by atoms with Crippen LogP contribution >= 0.6 is 0 Å². The number of aromatic nitrogens is 3. The van der Waals surface area contributed by atoms with Crippen molar-refractivity contribution in [2.24, 2.45) is 0 Å². The molecule has 0 aliphatic rings. The molecule has 7 rings (SSSR count). The molecule has 1 N–H and O–H groups in total. The van der Waals surface area contributed by atoms with Crippen molar-refractivity contribution in [2.75, 3.05) is 0 Å². The smallest absolute Gasteiger partial charge is 0.148 e. The normalized spacial score (nSPS) is 11.2. The van der Waals surface area contributed by atoms with Crippen molar-refractivity contribution in [3.8, 4) is 45.2 Å². The minimum Gasteiger partial charge on any atom is -0.507 e. The fourth-order valence-corrected chi connectivity index (χ4v) is 7.32. The van der Waals surface area contributed by atoms with Gasteiger partial charge in [0, 0.05) is 32.0 Å². The van der Waals surface area contributed by atoms with E-state index in [2.05, 4.69) is 157 Å². The van der Waals surface area contributed by atoms with Crippen molar-refractivity contribution in [1.29, 1.82) is 0 Å². The Hall–Kier alpha value is -4.83. The summed E-state index contributed by atoms with van der Waals surface area (Å²) in [6.45, 7) is 21.8. The predicted molar refractivity (Wildman–Crippen MR) is 223 cm³/mol. The van der Waals surface area contributed by atoms with Crippen molar-refractivity contribution in [1.82, 2.24) is 14.5 Å². The zero-order valence-corrected chi connectivity index (χ0v) is 35.6. The molecule has 0 aliphatic carbocycles. The van der Waals surface area contributed by atoms with Crippen LogP contribution in [-0.2, 0) is 20.1 Å². The molecule has 2 heterocycles. The maximum Gasteiger partial charge on any atom is 0.148 e. The molecule has 7 aromatic rings. The van der Waals surface area contributed by atoms with Crippen LogP contribution < -0.4 is 0 Å². The number of pyridine rings is 1. The molecule has 279 valence electrons. The fourth-order valence-electron chi connectivity index (χ4n) is 7.32. The van der Waals surface area contributed by atoms with E-state index in [4.69, 9.17) is 4.98 Å². The summed E-state index contributed by atoms with van der Waals surface area (Å²) in [7, 11) is 0. The summed E-state index contributed by atoms with van der Waals surface area (Å²) in [6, 6.07) is 39.1. The van der Waals surface area contributed by atoms with Crippen LogP contribution in [0, 0.1) is 33.8 Å². The third-order valence-corrected chi connectivity index (χ3v) is 10.1. The molecular weight excluding hydrogens is 839 g/mol. The van der Waals surface area contributed by atoms with E-state index in [0.29, 0.717) is 17.8 Å². The SMILES string of the molecule is Cc1[c-]c(-c2nccc3c(C(C)C)cccc23)cc(C)c1.Cc1nc(-c2ccccc2O)n(-c2c(C(C)C)cc(-c3ccccc3)cc2C(C)C)c1C.[Ir]. The molecule has 0 saturated carbocycles. The first kappa shape index (κ1) is 40.4. The number of rotatable bonds is 7. The number of nitrogens with zero attached hydrogens (tertiary/aromatic N) is 3. The molecule has 0 atom stereocenters. The van der Waals surface area contributed by atoms with Crippen molar-refractivity contribution in [3.63, 3.8) is 0 Å². The van der Waals surface area contributed by atoms with Gasteiger partial charge in [-0.25, -0.2) is 4.98 Å². The van der Waals surface area contributed by atoms with Gasteiger partial charge in [-0.05, 0) is 106 Å². The Bertz CT molecular complexity index is 2340. The van der Waals surface area contributed by atoms with Gasteiger partial charge < -0.3 is 10.1 Å². The second-order valence-corrected chi connectivity index (χ2v) is 15.1. The molecule has 0 fully saturated rings. The van der Waals surface area contributed by atoms with E-state index in [1.165, 1.54) is 49.8 Å². The summed E-state index contributed by atoms with van der Waals surface area (Å²) in [5.74, 6) is 2.19. The average Bonchev–Trinajstić information content (AvgIpc) is 3.43. The average molecular weight is 891 g/mol. The van der Waals surface area contributed by atoms with Gasteiger partial charge in [-0.2, -0.15) is 0 Å². The van der Waals surface area contributed by atoms with E-state index in [1.807, 2.05) is 31.3 Å². The molecule has 4 nitrogen and oxygen atoms in total. The molecule has 1 radical (unpaired) electrons. The fraction of sp³-hybridized carbons (Fsp3) is 0.265. The van der Waals surface area contributed by atoms with Crippen LogP contribution in [0.25, 0.3) is 50.2 Å². The number of fused-ring (bicyclic) bond motifs is 1. The van der Waals surface area contributed by atoms with E-state index < -0.39 is 0 Å². The molecule has 0 saturated heterocycles. The molecule has 0 spiro atoms. The van der Waals surface area contributed by atoms with E-state index in [-0.39, 0.29) is 25.9 Å². The molecular formula is C49H52IrN3O-. The third kappa shape index (κ3) is 8.28. The number of hydrogen-bond acceptors (Lipinski definition) is 3. The predicted octanol–water partition coefficient (Wildman–Crippen LogP) is 13.2.